The molecule has 2 aromatic rings. The van der Waals surface area contributed by atoms with Crippen LogP contribution in [0.15, 0.2) is 42.5 Å². The third-order valence-corrected chi connectivity index (χ3v) is 7.28. The molecule has 5 rings (SSSR count). The van der Waals surface area contributed by atoms with Gasteiger partial charge in [-0.25, -0.2) is 26.3 Å². The number of fused-ring (bicyclic) bond motifs is 2. The van der Waals surface area contributed by atoms with Gasteiger partial charge >= 0.3 is 0 Å². The molecule has 4 nitrogen and oxygen atoms in total. The standard InChI is InChI=1S/C21H23F3N2O2S/c1-2-29(27,28)26-20-18(25-16-11-21(20,24)12-16)9-14-8-15(22)10-17(19(14)23)13-6-4-3-5-7-13/h3-8,10,16,18,20,25-26H,2,9,11-12H2,1H3. The van der Waals surface area contributed by atoms with Crippen LogP contribution in [0.2, 0.25) is 0 Å². The third-order valence-electron chi connectivity index (χ3n) is 5.90. The minimum absolute atomic E-state index is 0.0253. The fourth-order valence-corrected chi connectivity index (χ4v) is 5.32. The van der Waals surface area contributed by atoms with E-state index in [4.69, 9.17) is 0 Å². The summed E-state index contributed by atoms with van der Waals surface area (Å²) in [6.45, 7) is 1.47. The van der Waals surface area contributed by atoms with Crippen molar-refractivity contribution in [2.75, 3.05) is 5.75 Å². The Morgan fingerprint density at radius 1 is 1.17 bits per heavy atom. The highest BCUT2D eigenvalue weighted by atomic mass is 32.2. The third kappa shape index (κ3) is 3.93. The van der Waals surface area contributed by atoms with E-state index in [-0.39, 0.29) is 42.2 Å². The van der Waals surface area contributed by atoms with Gasteiger partial charge in [-0.1, -0.05) is 30.3 Å². The highest BCUT2D eigenvalue weighted by molar-refractivity contribution is 7.89. The smallest absolute Gasteiger partial charge is 0.211 e. The molecule has 2 atom stereocenters. The maximum atomic E-state index is 15.2. The zero-order valence-electron chi connectivity index (χ0n) is 16.0. The van der Waals surface area contributed by atoms with Crippen molar-refractivity contribution in [3.63, 3.8) is 0 Å². The molecule has 2 unspecified atom stereocenters. The Bertz CT molecular complexity index is 1010. The second-order valence-electron chi connectivity index (χ2n) is 7.91. The van der Waals surface area contributed by atoms with Crippen molar-refractivity contribution in [1.29, 1.82) is 0 Å². The molecular formula is C21H23F3N2O2S. The number of benzene rings is 2. The van der Waals surface area contributed by atoms with Gasteiger partial charge in [0.25, 0.3) is 0 Å². The van der Waals surface area contributed by atoms with E-state index in [1.54, 1.807) is 30.3 Å². The summed E-state index contributed by atoms with van der Waals surface area (Å²) in [6, 6.07) is 9.07. The van der Waals surface area contributed by atoms with E-state index < -0.39 is 39.4 Å². The van der Waals surface area contributed by atoms with Crippen LogP contribution in [0.5, 0.6) is 0 Å². The lowest BCUT2D eigenvalue weighted by molar-refractivity contribution is -0.0568. The number of piperidine rings is 2. The maximum absolute atomic E-state index is 15.2. The van der Waals surface area contributed by atoms with Crippen molar-refractivity contribution in [1.82, 2.24) is 10.0 Å². The van der Waals surface area contributed by atoms with Gasteiger partial charge in [0.1, 0.15) is 17.3 Å². The molecule has 29 heavy (non-hydrogen) atoms. The summed E-state index contributed by atoms with van der Waals surface area (Å²) in [7, 11) is -3.66. The molecule has 0 radical (unpaired) electrons. The molecule has 1 aliphatic carbocycles. The first-order valence-corrected chi connectivity index (χ1v) is 11.3. The molecule has 1 saturated carbocycles. The van der Waals surface area contributed by atoms with Crippen LogP contribution in [0.25, 0.3) is 11.1 Å². The molecule has 2 N–H and O–H groups in total. The van der Waals surface area contributed by atoms with Crippen molar-refractivity contribution in [2.24, 2.45) is 0 Å². The number of sulfonamides is 1. The second kappa shape index (κ2) is 7.41. The average Bonchev–Trinajstić information content (AvgIpc) is 2.66. The van der Waals surface area contributed by atoms with E-state index in [2.05, 4.69) is 10.0 Å². The molecule has 2 aliphatic heterocycles. The van der Waals surface area contributed by atoms with Crippen molar-refractivity contribution < 1.29 is 21.6 Å². The summed E-state index contributed by atoms with van der Waals surface area (Å²) < 4.78 is 71.3. The Kier molecular flexibility index (Phi) is 5.21. The summed E-state index contributed by atoms with van der Waals surface area (Å²) in [4.78, 5) is 0. The lowest BCUT2D eigenvalue weighted by Gasteiger charge is -2.56. The summed E-state index contributed by atoms with van der Waals surface area (Å²) in [5, 5.41) is 3.20. The van der Waals surface area contributed by atoms with E-state index in [9.17, 15) is 12.8 Å². The highest BCUT2D eigenvalue weighted by Crippen LogP contribution is 2.45. The summed E-state index contributed by atoms with van der Waals surface area (Å²) >= 11 is 0. The minimum atomic E-state index is -3.66. The van der Waals surface area contributed by atoms with Crippen molar-refractivity contribution in [3.05, 3.63) is 59.7 Å². The largest absolute Gasteiger partial charge is 0.309 e. The van der Waals surface area contributed by atoms with E-state index in [0.29, 0.717) is 5.56 Å². The lowest BCUT2D eigenvalue weighted by atomic mass is 9.65. The SMILES string of the molecule is CCS(=O)(=O)NC1C(Cc2cc(F)cc(-c3ccccc3)c2F)NC2CC1(F)C2. The van der Waals surface area contributed by atoms with Gasteiger partial charge in [-0.2, -0.15) is 0 Å². The van der Waals surface area contributed by atoms with Crippen molar-refractivity contribution in [2.45, 2.75) is 50.0 Å². The van der Waals surface area contributed by atoms with Crippen LogP contribution in [0.3, 0.4) is 0 Å². The Balaban J connectivity index is 1.67. The first kappa shape index (κ1) is 20.4. The Morgan fingerprint density at radius 3 is 2.52 bits per heavy atom. The predicted octanol–water partition coefficient (Wildman–Crippen LogP) is 3.32. The van der Waals surface area contributed by atoms with Crippen molar-refractivity contribution >= 4 is 10.0 Å². The topological polar surface area (TPSA) is 58.2 Å². The van der Waals surface area contributed by atoms with E-state index in [0.717, 1.165) is 12.1 Å². The molecule has 0 aromatic heterocycles. The monoisotopic (exact) mass is 424 g/mol. The predicted molar refractivity (Wildman–Crippen MR) is 106 cm³/mol. The summed E-state index contributed by atoms with van der Waals surface area (Å²) in [5.74, 6) is -1.35. The zero-order chi connectivity index (χ0) is 20.8. The van der Waals surface area contributed by atoms with Crippen LogP contribution in [0, 0.1) is 11.6 Å². The van der Waals surface area contributed by atoms with Crippen LogP contribution in [-0.2, 0) is 16.4 Å². The molecule has 2 heterocycles. The van der Waals surface area contributed by atoms with Crippen LogP contribution in [0.4, 0.5) is 13.2 Å². The Morgan fingerprint density at radius 2 is 1.86 bits per heavy atom. The molecule has 0 amide bonds. The number of hydrogen-bond acceptors (Lipinski definition) is 3. The molecule has 0 spiro atoms. The summed E-state index contributed by atoms with van der Waals surface area (Å²) in [6.07, 6.45) is 0.394. The molecule has 2 aromatic carbocycles. The normalized spacial score (nSPS) is 28.8. The Hall–Kier alpha value is -1.90. The van der Waals surface area contributed by atoms with Crippen LogP contribution >= 0.6 is 0 Å². The van der Waals surface area contributed by atoms with Gasteiger partial charge in [0.15, 0.2) is 0 Å². The fraction of sp³-hybridized carbons (Fsp3) is 0.429. The zero-order valence-corrected chi connectivity index (χ0v) is 16.8. The number of rotatable bonds is 6. The molecule has 156 valence electrons. The van der Waals surface area contributed by atoms with Gasteiger partial charge < -0.3 is 5.32 Å². The molecule has 3 aliphatic rings. The molecular weight excluding hydrogens is 401 g/mol. The molecule has 8 heteroatoms. The quantitative estimate of drug-likeness (QED) is 0.748. The molecule has 2 saturated heterocycles. The van der Waals surface area contributed by atoms with Gasteiger partial charge in [-0.15, -0.1) is 0 Å². The van der Waals surface area contributed by atoms with Crippen LogP contribution in [0.1, 0.15) is 25.3 Å². The molecule has 3 fully saturated rings. The van der Waals surface area contributed by atoms with Crippen molar-refractivity contribution in [3.8, 4) is 11.1 Å². The number of hydrogen-bond donors (Lipinski definition) is 2. The first-order chi connectivity index (χ1) is 13.7. The molecule has 2 bridgehead atoms. The minimum Gasteiger partial charge on any atom is -0.309 e. The van der Waals surface area contributed by atoms with E-state index in [1.165, 1.54) is 6.92 Å². The van der Waals surface area contributed by atoms with Crippen LogP contribution in [-0.4, -0.2) is 38.0 Å². The Labute approximate surface area is 168 Å². The first-order valence-electron chi connectivity index (χ1n) is 9.69. The van der Waals surface area contributed by atoms with Gasteiger partial charge in [0.2, 0.25) is 10.0 Å². The van der Waals surface area contributed by atoms with Crippen LogP contribution < -0.4 is 10.0 Å². The lowest BCUT2D eigenvalue weighted by Crippen LogP contribution is -2.75. The van der Waals surface area contributed by atoms with E-state index >= 15 is 8.78 Å². The average molecular weight is 424 g/mol. The highest BCUT2D eigenvalue weighted by Gasteiger charge is 2.58. The summed E-state index contributed by atoms with van der Waals surface area (Å²) in [5.41, 5.74) is -0.918. The second-order valence-corrected chi connectivity index (χ2v) is 9.95. The van der Waals surface area contributed by atoms with Gasteiger partial charge in [-0.05, 0) is 49.4 Å². The van der Waals surface area contributed by atoms with Gasteiger partial charge in [0.05, 0.1) is 11.8 Å². The van der Waals surface area contributed by atoms with Gasteiger partial charge in [0, 0.05) is 17.6 Å². The maximum Gasteiger partial charge on any atom is 0.211 e. The number of halogens is 3. The number of nitrogens with one attached hydrogen (secondary N) is 2. The fourth-order valence-electron chi connectivity index (χ4n) is 4.39. The van der Waals surface area contributed by atoms with Gasteiger partial charge in [-0.3, -0.25) is 0 Å². The number of alkyl halides is 1. The van der Waals surface area contributed by atoms with E-state index in [1.807, 2.05) is 0 Å².